The zero-order chi connectivity index (χ0) is 20.7. The number of nitrogens with zero attached hydrogens (tertiary/aromatic N) is 3. The van der Waals surface area contributed by atoms with Crippen LogP contribution in [0.4, 0.5) is 5.13 Å². The maximum Gasteiger partial charge on any atom is 0.269 e. The molecule has 148 valence electrons. The number of nitrogens with one attached hydrogen (secondary N) is 1. The molecule has 0 saturated heterocycles. The Hall–Kier alpha value is -3.00. The highest BCUT2D eigenvalue weighted by atomic mass is 35.5. The lowest BCUT2D eigenvalue weighted by atomic mass is 10.2. The molecule has 0 bridgehead atoms. The van der Waals surface area contributed by atoms with Crippen molar-refractivity contribution in [3.05, 3.63) is 81.8 Å². The molecule has 0 unspecified atom stereocenters. The van der Waals surface area contributed by atoms with Gasteiger partial charge in [0.25, 0.3) is 5.91 Å². The first kappa shape index (κ1) is 19.0. The highest BCUT2D eigenvalue weighted by Gasteiger charge is 2.19. The number of rotatable bonds is 4. The fourth-order valence-corrected chi connectivity index (χ4v) is 4.99. The van der Waals surface area contributed by atoms with Crippen LogP contribution in [0.1, 0.15) is 15.4 Å². The fourth-order valence-electron chi connectivity index (χ4n) is 3.15. The maximum absolute atomic E-state index is 12.9. The standard InChI is InChI=1S/C22H15ClN4OS2/c1-13-19(30-22-25-17(11-27(13)22)14-5-3-2-4-6-14)20(28)26-21-24-18(12-29-21)15-7-9-16(23)10-8-15/h2-12H,1H3,(H,24,26,28). The highest BCUT2D eigenvalue weighted by Crippen LogP contribution is 2.29. The number of halogens is 1. The SMILES string of the molecule is Cc1c(C(=O)Nc2nc(-c3ccc(Cl)cc3)cs2)sc2nc(-c3ccccc3)cn12. The van der Waals surface area contributed by atoms with Crippen molar-refractivity contribution in [1.82, 2.24) is 14.4 Å². The van der Waals surface area contributed by atoms with Crippen LogP contribution in [0.25, 0.3) is 27.5 Å². The Bertz CT molecular complexity index is 1350. The van der Waals surface area contributed by atoms with Gasteiger partial charge in [-0.3, -0.25) is 14.5 Å². The number of imidazole rings is 1. The molecule has 8 heteroatoms. The minimum Gasteiger partial charge on any atom is -0.297 e. The molecule has 0 fully saturated rings. The third-order valence-corrected chi connectivity index (χ3v) is 6.86. The maximum atomic E-state index is 12.9. The van der Waals surface area contributed by atoms with E-state index in [0.717, 1.165) is 33.2 Å². The van der Waals surface area contributed by atoms with Gasteiger partial charge in [-0.1, -0.05) is 65.4 Å². The van der Waals surface area contributed by atoms with E-state index in [1.807, 2.05) is 77.5 Å². The van der Waals surface area contributed by atoms with Gasteiger partial charge in [0.05, 0.1) is 11.4 Å². The number of aromatic nitrogens is 3. The number of carbonyl (C=O) groups excluding carboxylic acids is 1. The Labute approximate surface area is 185 Å². The van der Waals surface area contributed by atoms with Gasteiger partial charge in [0.15, 0.2) is 10.1 Å². The summed E-state index contributed by atoms with van der Waals surface area (Å²) < 4.78 is 1.96. The number of amides is 1. The molecule has 0 atom stereocenters. The van der Waals surface area contributed by atoms with Crippen LogP contribution >= 0.6 is 34.3 Å². The van der Waals surface area contributed by atoms with Crippen molar-refractivity contribution < 1.29 is 4.79 Å². The molecular formula is C22H15ClN4OS2. The quantitative estimate of drug-likeness (QED) is 0.344. The van der Waals surface area contributed by atoms with Gasteiger partial charge in [-0.05, 0) is 19.1 Å². The molecule has 0 spiro atoms. The number of aryl methyl sites for hydroxylation is 1. The van der Waals surface area contributed by atoms with Gasteiger partial charge in [0, 0.05) is 33.4 Å². The molecule has 0 aliphatic heterocycles. The lowest BCUT2D eigenvalue weighted by molar-refractivity contribution is 0.102. The van der Waals surface area contributed by atoms with E-state index in [2.05, 4.69) is 15.3 Å². The van der Waals surface area contributed by atoms with Gasteiger partial charge in [-0.15, -0.1) is 11.3 Å². The van der Waals surface area contributed by atoms with Crippen LogP contribution in [-0.4, -0.2) is 20.3 Å². The number of carbonyl (C=O) groups is 1. The molecule has 3 heterocycles. The largest absolute Gasteiger partial charge is 0.297 e. The van der Waals surface area contributed by atoms with E-state index in [1.165, 1.54) is 22.7 Å². The number of benzene rings is 2. The molecule has 1 amide bonds. The molecule has 5 rings (SSSR count). The Morgan fingerprint density at radius 1 is 1.00 bits per heavy atom. The highest BCUT2D eigenvalue weighted by molar-refractivity contribution is 7.19. The van der Waals surface area contributed by atoms with Crippen molar-refractivity contribution in [2.24, 2.45) is 0 Å². The van der Waals surface area contributed by atoms with Crippen molar-refractivity contribution in [3.8, 4) is 22.5 Å². The molecule has 1 N–H and O–H groups in total. The van der Waals surface area contributed by atoms with Crippen LogP contribution in [-0.2, 0) is 0 Å². The minimum absolute atomic E-state index is 0.179. The zero-order valence-electron chi connectivity index (χ0n) is 15.8. The Morgan fingerprint density at radius 3 is 2.47 bits per heavy atom. The van der Waals surface area contributed by atoms with Gasteiger partial charge < -0.3 is 0 Å². The van der Waals surface area contributed by atoms with Crippen LogP contribution in [0.2, 0.25) is 5.02 Å². The number of hydrogen-bond acceptors (Lipinski definition) is 5. The third kappa shape index (κ3) is 3.52. The predicted molar refractivity (Wildman–Crippen MR) is 124 cm³/mol. The molecule has 3 aromatic heterocycles. The van der Waals surface area contributed by atoms with Crippen LogP contribution < -0.4 is 5.32 Å². The second-order valence-electron chi connectivity index (χ2n) is 6.66. The number of fused-ring (bicyclic) bond motifs is 1. The molecule has 5 nitrogen and oxygen atoms in total. The minimum atomic E-state index is -0.179. The zero-order valence-corrected chi connectivity index (χ0v) is 18.2. The number of anilines is 1. The van der Waals surface area contributed by atoms with E-state index in [4.69, 9.17) is 11.6 Å². The van der Waals surface area contributed by atoms with E-state index in [0.29, 0.717) is 15.0 Å². The molecular weight excluding hydrogens is 436 g/mol. The predicted octanol–water partition coefficient (Wildman–Crippen LogP) is 6.40. The molecule has 0 radical (unpaired) electrons. The van der Waals surface area contributed by atoms with Crippen molar-refractivity contribution >= 4 is 50.3 Å². The molecule has 5 aromatic rings. The Balaban J connectivity index is 1.38. The summed E-state index contributed by atoms with van der Waals surface area (Å²) in [4.78, 5) is 23.5. The van der Waals surface area contributed by atoms with E-state index in [-0.39, 0.29) is 5.91 Å². The molecule has 0 aliphatic carbocycles. The fraction of sp³-hybridized carbons (Fsp3) is 0.0455. The van der Waals surface area contributed by atoms with Crippen molar-refractivity contribution in [2.45, 2.75) is 6.92 Å². The lowest BCUT2D eigenvalue weighted by Gasteiger charge is -2.01. The summed E-state index contributed by atoms with van der Waals surface area (Å²) in [5.41, 5.74) is 4.56. The Kier molecular flexibility index (Phi) is 4.86. The van der Waals surface area contributed by atoms with Crippen LogP contribution in [0, 0.1) is 6.92 Å². The van der Waals surface area contributed by atoms with Gasteiger partial charge in [-0.2, -0.15) is 0 Å². The van der Waals surface area contributed by atoms with E-state index >= 15 is 0 Å². The van der Waals surface area contributed by atoms with Crippen LogP contribution in [0.15, 0.2) is 66.2 Å². The summed E-state index contributed by atoms with van der Waals surface area (Å²) in [6.07, 6.45) is 1.97. The number of thiazole rings is 2. The average molecular weight is 451 g/mol. The topological polar surface area (TPSA) is 59.3 Å². The Morgan fingerprint density at radius 2 is 1.73 bits per heavy atom. The van der Waals surface area contributed by atoms with Gasteiger partial charge >= 0.3 is 0 Å². The second kappa shape index (κ2) is 7.68. The number of hydrogen-bond donors (Lipinski definition) is 1. The van der Waals surface area contributed by atoms with E-state index in [9.17, 15) is 4.79 Å². The normalized spacial score (nSPS) is 11.1. The summed E-state index contributed by atoms with van der Waals surface area (Å²) in [5, 5.41) is 6.06. The smallest absolute Gasteiger partial charge is 0.269 e. The first-order chi connectivity index (χ1) is 14.6. The monoisotopic (exact) mass is 450 g/mol. The molecule has 0 saturated carbocycles. The van der Waals surface area contributed by atoms with Gasteiger partial charge in [0.1, 0.15) is 4.88 Å². The van der Waals surface area contributed by atoms with Gasteiger partial charge in [-0.25, -0.2) is 9.97 Å². The summed E-state index contributed by atoms with van der Waals surface area (Å²) in [6, 6.07) is 17.5. The summed E-state index contributed by atoms with van der Waals surface area (Å²) >= 11 is 8.71. The van der Waals surface area contributed by atoms with E-state index in [1.54, 1.807) is 0 Å². The summed E-state index contributed by atoms with van der Waals surface area (Å²) in [5.74, 6) is -0.179. The van der Waals surface area contributed by atoms with Crippen LogP contribution in [0.5, 0.6) is 0 Å². The second-order valence-corrected chi connectivity index (χ2v) is 8.93. The average Bonchev–Trinajstić information content (AvgIpc) is 3.46. The summed E-state index contributed by atoms with van der Waals surface area (Å²) in [6.45, 7) is 1.93. The summed E-state index contributed by atoms with van der Waals surface area (Å²) in [7, 11) is 0. The molecule has 0 aliphatic rings. The van der Waals surface area contributed by atoms with Gasteiger partial charge in [0.2, 0.25) is 0 Å². The van der Waals surface area contributed by atoms with Crippen molar-refractivity contribution in [2.75, 3.05) is 5.32 Å². The lowest BCUT2D eigenvalue weighted by Crippen LogP contribution is -2.11. The first-order valence-corrected chi connectivity index (χ1v) is 11.2. The third-order valence-electron chi connectivity index (χ3n) is 4.70. The molecule has 2 aromatic carbocycles. The van der Waals surface area contributed by atoms with Crippen LogP contribution in [0.3, 0.4) is 0 Å². The van der Waals surface area contributed by atoms with Crippen molar-refractivity contribution in [3.63, 3.8) is 0 Å². The molecule has 30 heavy (non-hydrogen) atoms. The first-order valence-electron chi connectivity index (χ1n) is 9.15. The van der Waals surface area contributed by atoms with E-state index < -0.39 is 0 Å². The van der Waals surface area contributed by atoms with Crippen molar-refractivity contribution in [1.29, 1.82) is 0 Å².